The number of thioether (sulfide) groups is 1. The maximum Gasteiger partial charge on any atom is 0.134 e. The Bertz CT molecular complexity index is 748. The van der Waals surface area contributed by atoms with Gasteiger partial charge in [0.05, 0.1) is 0 Å². The van der Waals surface area contributed by atoms with Crippen LogP contribution in [-0.4, -0.2) is 5.75 Å². The van der Waals surface area contributed by atoms with Crippen molar-refractivity contribution < 1.29 is 4.42 Å². The lowest BCUT2D eigenvalue weighted by Gasteiger charge is -2.11. The van der Waals surface area contributed by atoms with E-state index in [0.29, 0.717) is 0 Å². The van der Waals surface area contributed by atoms with Crippen molar-refractivity contribution in [3.8, 4) is 0 Å². The summed E-state index contributed by atoms with van der Waals surface area (Å²) in [6.45, 7) is 4.99. The molecule has 3 heteroatoms. The molecule has 2 aromatic carbocycles. The van der Waals surface area contributed by atoms with Gasteiger partial charge in [-0.2, -0.15) is 0 Å². The Hall–Kier alpha value is -1.87. The van der Waals surface area contributed by atoms with Gasteiger partial charge in [-0.05, 0) is 30.9 Å². The van der Waals surface area contributed by atoms with Crippen LogP contribution in [-0.2, 0) is 6.54 Å². The predicted octanol–water partition coefficient (Wildman–Crippen LogP) is 5.47. The van der Waals surface area contributed by atoms with Crippen LogP contribution in [0.15, 0.2) is 57.8 Å². The van der Waals surface area contributed by atoms with Crippen molar-refractivity contribution in [3.63, 3.8) is 0 Å². The first kappa shape index (κ1) is 14.1. The summed E-state index contributed by atoms with van der Waals surface area (Å²) in [5.41, 5.74) is 3.39. The molecule has 3 rings (SSSR count). The molecule has 0 fully saturated rings. The second-order valence-electron chi connectivity index (χ2n) is 4.92. The Morgan fingerprint density at radius 2 is 1.81 bits per heavy atom. The number of benzene rings is 2. The van der Waals surface area contributed by atoms with E-state index in [1.54, 1.807) is 0 Å². The molecular formula is C18H19NOS. The fourth-order valence-corrected chi connectivity index (χ4v) is 3.30. The average Bonchev–Trinajstić information content (AvgIpc) is 2.82. The van der Waals surface area contributed by atoms with Crippen LogP contribution in [0.25, 0.3) is 11.0 Å². The van der Waals surface area contributed by atoms with Crippen LogP contribution in [0.1, 0.15) is 18.2 Å². The van der Waals surface area contributed by atoms with Crippen molar-refractivity contribution >= 4 is 28.4 Å². The van der Waals surface area contributed by atoms with E-state index in [9.17, 15) is 0 Å². The Kier molecular flexibility index (Phi) is 4.20. The van der Waals surface area contributed by atoms with Crippen molar-refractivity contribution in [1.82, 2.24) is 0 Å². The molecule has 0 atom stereocenters. The third-order valence-electron chi connectivity index (χ3n) is 3.54. The summed E-state index contributed by atoms with van der Waals surface area (Å²) >= 11 is 1.86. The van der Waals surface area contributed by atoms with E-state index in [1.807, 2.05) is 30.8 Å². The summed E-state index contributed by atoms with van der Waals surface area (Å²) in [5, 5.41) is 4.75. The largest absolute Gasteiger partial charge is 0.461 e. The number of aryl methyl sites for hydroxylation is 1. The quantitative estimate of drug-likeness (QED) is 0.633. The Morgan fingerprint density at radius 1 is 1.05 bits per heavy atom. The smallest absolute Gasteiger partial charge is 0.134 e. The Labute approximate surface area is 129 Å². The van der Waals surface area contributed by atoms with Gasteiger partial charge in [0.25, 0.3) is 0 Å². The number of furan rings is 1. The lowest BCUT2D eigenvalue weighted by molar-refractivity contribution is 0.573. The fraction of sp³-hybridized carbons (Fsp3) is 0.222. The number of nitrogens with one attached hydrogen (secondary N) is 1. The maximum atomic E-state index is 5.82. The molecule has 0 amide bonds. The minimum Gasteiger partial charge on any atom is -0.461 e. The number of fused-ring (bicyclic) bond motifs is 1. The molecule has 0 radical (unpaired) electrons. The molecule has 1 aromatic heterocycles. The molecule has 2 nitrogen and oxygen atoms in total. The molecule has 1 heterocycles. The van der Waals surface area contributed by atoms with E-state index in [0.717, 1.165) is 23.6 Å². The van der Waals surface area contributed by atoms with Crippen molar-refractivity contribution in [3.05, 3.63) is 59.9 Å². The van der Waals surface area contributed by atoms with Crippen LogP contribution >= 0.6 is 11.8 Å². The highest BCUT2D eigenvalue weighted by Gasteiger charge is 2.10. The zero-order chi connectivity index (χ0) is 14.7. The highest BCUT2D eigenvalue weighted by atomic mass is 32.2. The van der Waals surface area contributed by atoms with E-state index in [1.165, 1.54) is 21.5 Å². The zero-order valence-corrected chi connectivity index (χ0v) is 13.2. The van der Waals surface area contributed by atoms with Crippen molar-refractivity contribution in [2.45, 2.75) is 25.3 Å². The lowest BCUT2D eigenvalue weighted by Crippen LogP contribution is -2.01. The van der Waals surface area contributed by atoms with Crippen LogP contribution in [0.5, 0.6) is 0 Å². The molecule has 1 N–H and O–H groups in total. The standard InChI is InChI=1S/C18H19NOS/c1-3-21-18-11-7-5-9-16(18)19-12-15-13(2)20-17-10-6-4-8-14(15)17/h4-11,19H,3,12H2,1-2H3. The van der Waals surface area contributed by atoms with Crippen LogP contribution in [0.4, 0.5) is 5.69 Å². The SMILES string of the molecule is CCSc1ccccc1NCc1c(C)oc2ccccc12. The van der Waals surface area contributed by atoms with Crippen LogP contribution in [0.2, 0.25) is 0 Å². The summed E-state index contributed by atoms with van der Waals surface area (Å²) in [5.74, 6) is 2.07. The monoisotopic (exact) mass is 297 g/mol. The summed E-state index contributed by atoms with van der Waals surface area (Å²) in [7, 11) is 0. The molecule has 0 saturated carbocycles. The number of rotatable bonds is 5. The Morgan fingerprint density at radius 3 is 2.67 bits per heavy atom. The van der Waals surface area contributed by atoms with Crippen LogP contribution in [0.3, 0.4) is 0 Å². The highest BCUT2D eigenvalue weighted by molar-refractivity contribution is 7.99. The molecular weight excluding hydrogens is 278 g/mol. The first-order chi connectivity index (χ1) is 10.3. The van der Waals surface area contributed by atoms with Gasteiger partial charge in [0, 0.05) is 28.1 Å². The molecule has 0 spiro atoms. The third-order valence-corrected chi connectivity index (χ3v) is 4.50. The number of hydrogen-bond donors (Lipinski definition) is 1. The number of anilines is 1. The van der Waals surface area contributed by atoms with E-state index in [2.05, 4.69) is 48.6 Å². The zero-order valence-electron chi connectivity index (χ0n) is 12.3. The molecule has 0 unspecified atom stereocenters. The van der Waals surface area contributed by atoms with Gasteiger partial charge in [0.1, 0.15) is 11.3 Å². The molecule has 0 aliphatic heterocycles. The van der Waals surface area contributed by atoms with Gasteiger partial charge in [-0.3, -0.25) is 0 Å². The van der Waals surface area contributed by atoms with E-state index >= 15 is 0 Å². The fourth-order valence-electron chi connectivity index (χ4n) is 2.52. The van der Waals surface area contributed by atoms with E-state index < -0.39 is 0 Å². The summed E-state index contributed by atoms with van der Waals surface area (Å²) in [6.07, 6.45) is 0. The van der Waals surface area contributed by atoms with Gasteiger partial charge >= 0.3 is 0 Å². The van der Waals surface area contributed by atoms with Crippen molar-refractivity contribution in [2.75, 3.05) is 11.1 Å². The maximum absolute atomic E-state index is 5.82. The van der Waals surface area contributed by atoms with Gasteiger partial charge in [-0.25, -0.2) is 0 Å². The number of hydrogen-bond acceptors (Lipinski definition) is 3. The Balaban J connectivity index is 1.85. The second-order valence-corrected chi connectivity index (χ2v) is 6.22. The van der Waals surface area contributed by atoms with Crippen molar-refractivity contribution in [2.24, 2.45) is 0 Å². The normalized spacial score (nSPS) is 11.0. The molecule has 21 heavy (non-hydrogen) atoms. The van der Waals surface area contributed by atoms with Crippen LogP contribution < -0.4 is 5.32 Å². The summed E-state index contributed by atoms with van der Waals surface area (Å²) < 4.78 is 5.82. The van der Waals surface area contributed by atoms with Gasteiger partial charge in [-0.15, -0.1) is 11.8 Å². The lowest BCUT2D eigenvalue weighted by atomic mass is 10.1. The number of para-hydroxylation sites is 2. The first-order valence-corrected chi connectivity index (χ1v) is 8.21. The molecule has 0 saturated heterocycles. The predicted molar refractivity (Wildman–Crippen MR) is 91.1 cm³/mol. The van der Waals surface area contributed by atoms with Gasteiger partial charge < -0.3 is 9.73 Å². The van der Waals surface area contributed by atoms with Crippen molar-refractivity contribution in [1.29, 1.82) is 0 Å². The molecule has 3 aromatic rings. The minimum absolute atomic E-state index is 0.782. The highest BCUT2D eigenvalue weighted by Crippen LogP contribution is 2.29. The van der Waals surface area contributed by atoms with E-state index in [-0.39, 0.29) is 0 Å². The molecule has 108 valence electrons. The van der Waals surface area contributed by atoms with E-state index in [4.69, 9.17) is 4.42 Å². The molecule has 0 aliphatic carbocycles. The topological polar surface area (TPSA) is 25.2 Å². The second kappa shape index (κ2) is 6.27. The average molecular weight is 297 g/mol. The summed E-state index contributed by atoms with van der Waals surface area (Å²) in [4.78, 5) is 1.30. The van der Waals surface area contributed by atoms with Gasteiger partial charge in [-0.1, -0.05) is 37.3 Å². The van der Waals surface area contributed by atoms with Gasteiger partial charge in [0.2, 0.25) is 0 Å². The first-order valence-electron chi connectivity index (χ1n) is 7.22. The molecule has 0 aliphatic rings. The third kappa shape index (κ3) is 2.93. The summed E-state index contributed by atoms with van der Waals surface area (Å²) in [6, 6.07) is 16.7. The molecule has 0 bridgehead atoms. The minimum atomic E-state index is 0.782. The van der Waals surface area contributed by atoms with Crippen LogP contribution in [0, 0.1) is 6.92 Å². The van der Waals surface area contributed by atoms with Gasteiger partial charge in [0.15, 0.2) is 0 Å².